The number of nitrogens with one attached hydrogen (secondary N) is 1. The van der Waals surface area contributed by atoms with Gasteiger partial charge >= 0.3 is 0 Å². The number of piperidine rings is 1. The third-order valence-electron chi connectivity index (χ3n) is 2.97. The first-order valence-electron chi connectivity index (χ1n) is 4.48. The van der Waals surface area contributed by atoms with Crippen LogP contribution in [0.4, 0.5) is 0 Å². The topological polar surface area (TPSA) is 12.0 Å². The molecular weight excluding hydrogens is 122 g/mol. The molecule has 0 aromatic rings. The fraction of sp³-hybridized carbons (Fsp3) is 1.00. The zero-order valence-electron chi connectivity index (χ0n) is 6.98. The Balaban J connectivity index is 1.93. The summed E-state index contributed by atoms with van der Waals surface area (Å²) < 4.78 is 0. The number of fused-ring (bicyclic) bond motifs is 1. The minimum Gasteiger partial charge on any atom is -0.311 e. The lowest BCUT2D eigenvalue weighted by atomic mass is 10.0. The van der Waals surface area contributed by atoms with Gasteiger partial charge < -0.3 is 5.32 Å². The lowest BCUT2D eigenvalue weighted by molar-refractivity contribution is 0.426. The van der Waals surface area contributed by atoms with Gasteiger partial charge in [-0.1, -0.05) is 13.8 Å². The van der Waals surface area contributed by atoms with Gasteiger partial charge in [-0.15, -0.1) is 0 Å². The van der Waals surface area contributed by atoms with Gasteiger partial charge in [0.05, 0.1) is 0 Å². The predicted octanol–water partition coefficient (Wildman–Crippen LogP) is 1.78. The van der Waals surface area contributed by atoms with Crippen LogP contribution in [-0.4, -0.2) is 12.1 Å². The lowest BCUT2D eigenvalue weighted by Gasteiger charge is -2.15. The van der Waals surface area contributed by atoms with Crippen molar-refractivity contribution < 1.29 is 0 Å². The van der Waals surface area contributed by atoms with Crippen molar-refractivity contribution in [3.63, 3.8) is 0 Å². The molecule has 1 heterocycles. The van der Waals surface area contributed by atoms with Crippen LogP contribution >= 0.6 is 0 Å². The SMILES string of the molecule is CC(C)CC12CC1CCN2. The van der Waals surface area contributed by atoms with Crippen LogP contribution in [-0.2, 0) is 0 Å². The van der Waals surface area contributed by atoms with Crippen molar-refractivity contribution in [2.45, 2.75) is 38.6 Å². The second kappa shape index (κ2) is 1.97. The van der Waals surface area contributed by atoms with Crippen LogP contribution in [0.5, 0.6) is 0 Å². The summed E-state index contributed by atoms with van der Waals surface area (Å²) in [6, 6.07) is 0. The molecule has 2 aliphatic rings. The van der Waals surface area contributed by atoms with Crippen LogP contribution in [0.1, 0.15) is 33.1 Å². The molecule has 1 aliphatic heterocycles. The summed E-state index contributed by atoms with van der Waals surface area (Å²) in [4.78, 5) is 0. The van der Waals surface area contributed by atoms with Crippen LogP contribution in [0, 0.1) is 11.8 Å². The molecule has 58 valence electrons. The summed E-state index contributed by atoms with van der Waals surface area (Å²) in [5, 5.41) is 3.64. The van der Waals surface area contributed by atoms with Crippen molar-refractivity contribution in [3.8, 4) is 0 Å². The maximum absolute atomic E-state index is 3.64. The van der Waals surface area contributed by atoms with Gasteiger partial charge in [-0.25, -0.2) is 0 Å². The van der Waals surface area contributed by atoms with Crippen molar-refractivity contribution >= 4 is 0 Å². The van der Waals surface area contributed by atoms with Crippen molar-refractivity contribution in [1.82, 2.24) is 5.32 Å². The van der Waals surface area contributed by atoms with E-state index < -0.39 is 0 Å². The third-order valence-corrected chi connectivity index (χ3v) is 2.97. The lowest BCUT2D eigenvalue weighted by Crippen LogP contribution is -2.29. The fourth-order valence-corrected chi connectivity index (χ4v) is 2.52. The second-order valence-electron chi connectivity index (χ2n) is 4.37. The van der Waals surface area contributed by atoms with Crippen LogP contribution in [0.2, 0.25) is 0 Å². The molecule has 1 heteroatoms. The standard InChI is InChI=1S/C9H17N/c1-7(2)5-9-6-8(9)3-4-10-9/h7-8,10H,3-6H2,1-2H3. The van der Waals surface area contributed by atoms with Crippen molar-refractivity contribution in [2.75, 3.05) is 6.54 Å². The molecule has 0 amide bonds. The Hall–Kier alpha value is -0.0400. The van der Waals surface area contributed by atoms with Gasteiger partial charge in [-0.3, -0.25) is 0 Å². The number of hydrogen-bond donors (Lipinski definition) is 1. The van der Waals surface area contributed by atoms with E-state index in [1.54, 1.807) is 0 Å². The van der Waals surface area contributed by atoms with Gasteiger partial charge in [0.1, 0.15) is 0 Å². The van der Waals surface area contributed by atoms with E-state index in [4.69, 9.17) is 0 Å². The molecule has 1 nitrogen and oxygen atoms in total. The van der Waals surface area contributed by atoms with E-state index in [-0.39, 0.29) is 0 Å². The van der Waals surface area contributed by atoms with E-state index in [1.165, 1.54) is 25.8 Å². The minimum absolute atomic E-state index is 0.633. The van der Waals surface area contributed by atoms with E-state index in [0.717, 1.165) is 11.8 Å². The van der Waals surface area contributed by atoms with Crippen LogP contribution in [0.15, 0.2) is 0 Å². The first kappa shape index (κ1) is 6.66. The molecular formula is C9H17N. The largest absolute Gasteiger partial charge is 0.311 e. The average Bonchev–Trinajstić information content (AvgIpc) is 2.33. The zero-order chi connectivity index (χ0) is 7.19. The van der Waals surface area contributed by atoms with Crippen LogP contribution in [0.25, 0.3) is 0 Å². The number of rotatable bonds is 2. The fourth-order valence-electron chi connectivity index (χ4n) is 2.52. The predicted molar refractivity (Wildman–Crippen MR) is 42.9 cm³/mol. The Bertz CT molecular complexity index is 142. The quantitative estimate of drug-likeness (QED) is 0.615. The summed E-state index contributed by atoms with van der Waals surface area (Å²) in [6.45, 7) is 5.92. The van der Waals surface area contributed by atoms with Gasteiger partial charge in [0.2, 0.25) is 0 Å². The Morgan fingerprint density at radius 2 is 2.40 bits per heavy atom. The molecule has 0 bridgehead atoms. The molecule has 0 aromatic heterocycles. The molecule has 2 rings (SSSR count). The third kappa shape index (κ3) is 0.878. The first-order chi connectivity index (χ1) is 4.73. The highest BCUT2D eigenvalue weighted by Gasteiger charge is 2.56. The smallest absolute Gasteiger partial charge is 0.0216 e. The monoisotopic (exact) mass is 139 g/mol. The molecule has 2 fully saturated rings. The molecule has 0 radical (unpaired) electrons. The highest BCUT2D eigenvalue weighted by Crippen LogP contribution is 2.53. The maximum Gasteiger partial charge on any atom is 0.0216 e. The summed E-state index contributed by atoms with van der Waals surface area (Å²) in [6.07, 6.45) is 4.30. The molecule has 2 unspecified atom stereocenters. The van der Waals surface area contributed by atoms with Crippen molar-refractivity contribution in [2.24, 2.45) is 11.8 Å². The van der Waals surface area contributed by atoms with E-state index in [1.807, 2.05) is 0 Å². The molecule has 0 spiro atoms. The second-order valence-corrected chi connectivity index (χ2v) is 4.37. The minimum atomic E-state index is 0.633. The van der Waals surface area contributed by atoms with Gasteiger partial charge in [0.25, 0.3) is 0 Å². The van der Waals surface area contributed by atoms with Crippen molar-refractivity contribution in [1.29, 1.82) is 0 Å². The summed E-state index contributed by atoms with van der Waals surface area (Å²) in [5.41, 5.74) is 0.633. The zero-order valence-corrected chi connectivity index (χ0v) is 6.98. The highest BCUT2D eigenvalue weighted by atomic mass is 15.1. The highest BCUT2D eigenvalue weighted by molar-refractivity contribution is 5.14. The average molecular weight is 139 g/mol. The Morgan fingerprint density at radius 3 is 2.80 bits per heavy atom. The Morgan fingerprint density at radius 1 is 1.60 bits per heavy atom. The van der Waals surface area contributed by atoms with Gasteiger partial charge in [0.15, 0.2) is 0 Å². The Labute approximate surface area is 63.2 Å². The normalized spacial score (nSPS) is 44.1. The summed E-state index contributed by atoms with van der Waals surface area (Å²) >= 11 is 0. The molecule has 1 N–H and O–H groups in total. The first-order valence-corrected chi connectivity index (χ1v) is 4.48. The molecule has 2 atom stereocenters. The molecule has 0 aromatic carbocycles. The maximum atomic E-state index is 3.64. The van der Waals surface area contributed by atoms with Crippen LogP contribution < -0.4 is 5.32 Å². The van der Waals surface area contributed by atoms with Gasteiger partial charge in [-0.2, -0.15) is 0 Å². The molecule has 1 aliphatic carbocycles. The summed E-state index contributed by atoms with van der Waals surface area (Å²) in [5.74, 6) is 1.92. The van der Waals surface area contributed by atoms with Gasteiger partial charge in [0, 0.05) is 5.54 Å². The van der Waals surface area contributed by atoms with Crippen molar-refractivity contribution in [3.05, 3.63) is 0 Å². The number of hydrogen-bond acceptors (Lipinski definition) is 1. The van der Waals surface area contributed by atoms with E-state index in [2.05, 4.69) is 19.2 Å². The van der Waals surface area contributed by atoms with E-state index in [0.29, 0.717) is 5.54 Å². The summed E-state index contributed by atoms with van der Waals surface area (Å²) in [7, 11) is 0. The van der Waals surface area contributed by atoms with Crippen LogP contribution in [0.3, 0.4) is 0 Å². The van der Waals surface area contributed by atoms with Gasteiger partial charge in [-0.05, 0) is 37.6 Å². The molecule has 1 saturated heterocycles. The van der Waals surface area contributed by atoms with E-state index in [9.17, 15) is 0 Å². The Kier molecular flexibility index (Phi) is 1.31. The van der Waals surface area contributed by atoms with E-state index >= 15 is 0 Å². The molecule has 1 saturated carbocycles. The molecule has 10 heavy (non-hydrogen) atoms.